The number of aromatic nitrogens is 1. The maximum atomic E-state index is 11.7. The molecule has 0 saturated carbocycles. The molecule has 1 heterocycles. The van der Waals surface area contributed by atoms with Gasteiger partial charge in [0.1, 0.15) is 17.5 Å². The predicted octanol–water partition coefficient (Wildman–Crippen LogP) is 3.89. The second-order valence-corrected chi connectivity index (χ2v) is 6.75. The van der Waals surface area contributed by atoms with Crippen molar-refractivity contribution in [3.63, 3.8) is 0 Å². The van der Waals surface area contributed by atoms with E-state index in [4.69, 9.17) is 10.5 Å². The second-order valence-electron chi connectivity index (χ2n) is 6.75. The van der Waals surface area contributed by atoms with Crippen molar-refractivity contribution in [2.24, 2.45) is 5.92 Å². The zero-order valence-electron chi connectivity index (χ0n) is 15.2. The van der Waals surface area contributed by atoms with Crippen LogP contribution in [0.1, 0.15) is 53.4 Å². The Morgan fingerprint density at radius 1 is 1.38 bits per heavy atom. The number of rotatable bonds is 4. The van der Waals surface area contributed by atoms with E-state index in [-0.39, 0.29) is 11.8 Å². The zero-order chi connectivity index (χ0) is 18.7. The van der Waals surface area contributed by atoms with Gasteiger partial charge in [-0.1, -0.05) is 31.9 Å². The molecule has 2 N–H and O–H groups in total. The number of carbonyl (C=O) groups excluding carboxylic acids is 1. The summed E-state index contributed by atoms with van der Waals surface area (Å²) >= 11 is 0. The largest absolute Gasteiger partial charge is 0.465 e. The maximum absolute atomic E-state index is 11.7. The van der Waals surface area contributed by atoms with Gasteiger partial charge in [0.2, 0.25) is 0 Å². The Kier molecular flexibility index (Phi) is 5.22. The SMILES string of the molecule is CCCC1CCc2nc(N)c(C#N)c(-c3ccc(C(=O)OC)cc3)c2C1. The number of methoxy groups -OCH3 is 1. The number of nitrogen functional groups attached to an aromatic ring is 1. The van der Waals surface area contributed by atoms with Gasteiger partial charge < -0.3 is 10.5 Å². The van der Waals surface area contributed by atoms with Crippen LogP contribution >= 0.6 is 0 Å². The Balaban J connectivity index is 2.12. The monoisotopic (exact) mass is 349 g/mol. The molecule has 0 saturated heterocycles. The molecule has 1 atom stereocenters. The highest BCUT2D eigenvalue weighted by Gasteiger charge is 2.26. The second kappa shape index (κ2) is 7.57. The van der Waals surface area contributed by atoms with E-state index < -0.39 is 0 Å². The number of esters is 1. The van der Waals surface area contributed by atoms with Crippen molar-refractivity contribution in [3.8, 4) is 17.2 Å². The van der Waals surface area contributed by atoms with Crippen molar-refractivity contribution in [1.82, 2.24) is 4.98 Å². The number of aryl methyl sites for hydroxylation is 1. The number of ether oxygens (including phenoxy) is 1. The van der Waals surface area contributed by atoms with E-state index in [1.165, 1.54) is 13.5 Å². The molecule has 1 aliphatic rings. The number of fused-ring (bicyclic) bond motifs is 1. The van der Waals surface area contributed by atoms with Crippen LogP contribution in [-0.2, 0) is 17.6 Å². The average Bonchev–Trinajstić information content (AvgIpc) is 2.67. The molecule has 0 fully saturated rings. The van der Waals surface area contributed by atoms with Crippen LogP contribution in [0, 0.1) is 17.2 Å². The van der Waals surface area contributed by atoms with Gasteiger partial charge in [-0.15, -0.1) is 0 Å². The first-order chi connectivity index (χ1) is 12.6. The normalized spacial score (nSPS) is 15.8. The maximum Gasteiger partial charge on any atom is 0.337 e. The van der Waals surface area contributed by atoms with Crippen LogP contribution in [0.25, 0.3) is 11.1 Å². The third-order valence-corrected chi connectivity index (χ3v) is 5.10. The number of hydrogen-bond acceptors (Lipinski definition) is 5. The molecular weight excluding hydrogens is 326 g/mol. The van der Waals surface area contributed by atoms with Crippen molar-refractivity contribution >= 4 is 11.8 Å². The Labute approximate surface area is 153 Å². The smallest absolute Gasteiger partial charge is 0.337 e. The van der Waals surface area contributed by atoms with E-state index in [0.29, 0.717) is 17.0 Å². The lowest BCUT2D eigenvalue weighted by molar-refractivity contribution is 0.0601. The minimum atomic E-state index is -0.378. The summed E-state index contributed by atoms with van der Waals surface area (Å²) in [6, 6.07) is 9.37. The molecule has 1 unspecified atom stereocenters. The van der Waals surface area contributed by atoms with Crippen LogP contribution in [0.4, 0.5) is 5.82 Å². The van der Waals surface area contributed by atoms with E-state index in [1.807, 2.05) is 12.1 Å². The number of benzene rings is 1. The summed E-state index contributed by atoms with van der Waals surface area (Å²) in [7, 11) is 1.36. The zero-order valence-corrected chi connectivity index (χ0v) is 15.2. The third-order valence-electron chi connectivity index (χ3n) is 5.10. The molecule has 5 heteroatoms. The summed E-state index contributed by atoms with van der Waals surface area (Å²) in [5, 5.41) is 9.67. The molecule has 0 radical (unpaired) electrons. The number of nitrogens with zero attached hydrogens (tertiary/aromatic N) is 2. The minimum Gasteiger partial charge on any atom is -0.465 e. The molecule has 1 aromatic heterocycles. The molecule has 0 aliphatic heterocycles. The van der Waals surface area contributed by atoms with Gasteiger partial charge in [0.15, 0.2) is 0 Å². The van der Waals surface area contributed by atoms with Gasteiger partial charge in [-0.2, -0.15) is 5.26 Å². The summed E-state index contributed by atoms with van der Waals surface area (Å²) in [5.74, 6) is 0.515. The van der Waals surface area contributed by atoms with E-state index in [9.17, 15) is 10.1 Å². The highest BCUT2D eigenvalue weighted by molar-refractivity contribution is 5.90. The van der Waals surface area contributed by atoms with Gasteiger partial charge in [-0.25, -0.2) is 9.78 Å². The van der Waals surface area contributed by atoms with E-state index in [2.05, 4.69) is 18.0 Å². The molecule has 26 heavy (non-hydrogen) atoms. The highest BCUT2D eigenvalue weighted by atomic mass is 16.5. The van der Waals surface area contributed by atoms with Gasteiger partial charge in [0.05, 0.1) is 12.7 Å². The topological polar surface area (TPSA) is 89.0 Å². The fraction of sp³-hybridized carbons (Fsp3) is 0.381. The number of nitriles is 1. The standard InChI is InChI=1S/C21H23N3O2/c1-3-4-13-5-10-18-16(11-13)19(17(12-22)20(23)24-18)14-6-8-15(9-7-14)21(25)26-2/h6-9,13H,3-5,10-11H2,1-2H3,(H2,23,24). The summed E-state index contributed by atoms with van der Waals surface area (Å²) < 4.78 is 4.76. The van der Waals surface area contributed by atoms with Gasteiger partial charge >= 0.3 is 5.97 Å². The number of anilines is 1. The summed E-state index contributed by atoms with van der Waals surface area (Å²) in [6.45, 7) is 2.20. The van der Waals surface area contributed by atoms with Crippen molar-refractivity contribution < 1.29 is 9.53 Å². The van der Waals surface area contributed by atoms with Crippen molar-refractivity contribution in [3.05, 3.63) is 46.6 Å². The third kappa shape index (κ3) is 3.28. The number of nitrogens with two attached hydrogens (primary N) is 1. The Hall–Kier alpha value is -2.87. The highest BCUT2D eigenvalue weighted by Crippen LogP contribution is 2.38. The van der Waals surface area contributed by atoms with E-state index in [0.717, 1.165) is 48.1 Å². The fourth-order valence-corrected chi connectivity index (χ4v) is 3.83. The van der Waals surface area contributed by atoms with Gasteiger partial charge in [0.25, 0.3) is 0 Å². The Morgan fingerprint density at radius 3 is 2.73 bits per heavy atom. The summed E-state index contributed by atoms with van der Waals surface area (Å²) in [5.41, 5.74) is 10.9. The Bertz CT molecular complexity index is 866. The lowest BCUT2D eigenvalue weighted by Gasteiger charge is -2.27. The summed E-state index contributed by atoms with van der Waals surface area (Å²) in [6.07, 6.45) is 5.24. The van der Waals surface area contributed by atoms with Crippen molar-refractivity contribution in [2.45, 2.75) is 39.0 Å². The average molecular weight is 349 g/mol. The first-order valence-corrected chi connectivity index (χ1v) is 8.99. The van der Waals surface area contributed by atoms with Gasteiger partial charge in [-0.3, -0.25) is 0 Å². The molecule has 1 aromatic carbocycles. The lowest BCUT2D eigenvalue weighted by Crippen LogP contribution is -2.18. The number of carbonyl (C=O) groups is 1. The van der Waals surface area contributed by atoms with Crippen LogP contribution in [0.5, 0.6) is 0 Å². The molecule has 0 amide bonds. The minimum absolute atomic E-state index is 0.284. The molecule has 0 spiro atoms. The van der Waals surface area contributed by atoms with Crippen LogP contribution in [0.2, 0.25) is 0 Å². The van der Waals surface area contributed by atoms with Crippen LogP contribution in [0.15, 0.2) is 24.3 Å². The van der Waals surface area contributed by atoms with Crippen LogP contribution in [0.3, 0.4) is 0 Å². The molecule has 0 bridgehead atoms. The first-order valence-electron chi connectivity index (χ1n) is 8.99. The number of hydrogen-bond donors (Lipinski definition) is 1. The molecule has 5 nitrogen and oxygen atoms in total. The van der Waals surface area contributed by atoms with Crippen molar-refractivity contribution in [2.75, 3.05) is 12.8 Å². The van der Waals surface area contributed by atoms with E-state index >= 15 is 0 Å². The predicted molar refractivity (Wildman–Crippen MR) is 101 cm³/mol. The Morgan fingerprint density at radius 2 is 2.12 bits per heavy atom. The molecule has 1 aliphatic carbocycles. The van der Waals surface area contributed by atoms with Crippen LogP contribution in [-0.4, -0.2) is 18.1 Å². The molecule has 2 aromatic rings. The van der Waals surface area contributed by atoms with E-state index in [1.54, 1.807) is 12.1 Å². The molecule has 134 valence electrons. The van der Waals surface area contributed by atoms with Gasteiger partial charge in [0, 0.05) is 11.3 Å². The molecule has 3 rings (SSSR count). The fourth-order valence-electron chi connectivity index (χ4n) is 3.83. The first kappa shape index (κ1) is 17.9. The quantitative estimate of drug-likeness (QED) is 0.846. The van der Waals surface area contributed by atoms with Crippen LogP contribution < -0.4 is 5.73 Å². The number of pyridine rings is 1. The lowest BCUT2D eigenvalue weighted by atomic mass is 9.79. The van der Waals surface area contributed by atoms with Crippen molar-refractivity contribution in [1.29, 1.82) is 5.26 Å². The summed E-state index contributed by atoms with van der Waals surface area (Å²) in [4.78, 5) is 16.2. The van der Waals surface area contributed by atoms with Gasteiger partial charge in [-0.05, 0) is 48.4 Å². The molecular formula is C21H23N3O2.